The molecular formula is C22H28N4O5S. The van der Waals surface area contributed by atoms with Crippen LogP contribution in [0.2, 0.25) is 0 Å². The molecule has 0 spiro atoms. The molecule has 0 saturated carbocycles. The summed E-state index contributed by atoms with van der Waals surface area (Å²) in [5.74, 6) is 0.292. The second-order valence-corrected chi connectivity index (χ2v) is 10.4. The molecule has 1 atom stereocenters. The number of benzene rings is 1. The first-order valence-electron chi connectivity index (χ1n) is 10.7. The van der Waals surface area contributed by atoms with Crippen molar-refractivity contribution in [2.45, 2.75) is 36.6 Å². The lowest BCUT2D eigenvalue weighted by atomic mass is 9.96. The maximum absolute atomic E-state index is 13.3. The summed E-state index contributed by atoms with van der Waals surface area (Å²) in [6.07, 6.45) is 4.75. The summed E-state index contributed by atoms with van der Waals surface area (Å²) in [5, 5.41) is 2.82. The van der Waals surface area contributed by atoms with Crippen molar-refractivity contribution in [3.05, 3.63) is 42.4 Å². The summed E-state index contributed by atoms with van der Waals surface area (Å²) in [6, 6.07) is 8.11. The molecule has 2 aliphatic heterocycles. The van der Waals surface area contributed by atoms with Crippen molar-refractivity contribution in [2.24, 2.45) is 0 Å². The van der Waals surface area contributed by atoms with E-state index < -0.39 is 10.0 Å². The number of hydrogen-bond acceptors (Lipinski definition) is 6. The van der Waals surface area contributed by atoms with Crippen molar-refractivity contribution in [3.8, 4) is 0 Å². The Morgan fingerprint density at radius 1 is 1.22 bits per heavy atom. The Bertz CT molecular complexity index is 1100. The van der Waals surface area contributed by atoms with E-state index in [9.17, 15) is 18.0 Å². The fourth-order valence-corrected chi connectivity index (χ4v) is 5.17. The van der Waals surface area contributed by atoms with E-state index in [1.54, 1.807) is 24.5 Å². The molecule has 0 aliphatic carbocycles. The van der Waals surface area contributed by atoms with E-state index in [1.807, 2.05) is 11.0 Å². The maximum atomic E-state index is 13.3. The summed E-state index contributed by atoms with van der Waals surface area (Å²) in [5.41, 5.74) is 1.24. The van der Waals surface area contributed by atoms with Crippen LogP contribution in [0.4, 0.5) is 11.4 Å². The number of rotatable bonds is 7. The summed E-state index contributed by atoms with van der Waals surface area (Å²) in [6.45, 7) is 0.942. The smallest absolute Gasteiger partial charge is 0.250 e. The topological polar surface area (TPSA) is 103 Å². The van der Waals surface area contributed by atoms with E-state index in [4.69, 9.17) is 4.42 Å². The van der Waals surface area contributed by atoms with Gasteiger partial charge in [0.25, 0.3) is 0 Å². The average molecular weight is 461 g/mol. The molecule has 3 heterocycles. The van der Waals surface area contributed by atoms with Gasteiger partial charge in [0.2, 0.25) is 21.8 Å². The molecule has 4 rings (SSSR count). The van der Waals surface area contributed by atoms with Crippen LogP contribution in [0, 0.1) is 0 Å². The molecule has 1 saturated heterocycles. The second-order valence-electron chi connectivity index (χ2n) is 8.25. The van der Waals surface area contributed by atoms with Gasteiger partial charge in [-0.15, -0.1) is 0 Å². The van der Waals surface area contributed by atoms with Crippen LogP contribution in [0.1, 0.15) is 25.0 Å². The van der Waals surface area contributed by atoms with Crippen molar-refractivity contribution in [1.29, 1.82) is 0 Å². The first kappa shape index (κ1) is 22.3. The Kier molecular flexibility index (Phi) is 6.25. The van der Waals surface area contributed by atoms with Gasteiger partial charge in [0.05, 0.1) is 22.5 Å². The van der Waals surface area contributed by atoms with Crippen LogP contribution in [0.15, 0.2) is 45.9 Å². The van der Waals surface area contributed by atoms with Crippen LogP contribution in [0.25, 0.3) is 0 Å². The summed E-state index contributed by atoms with van der Waals surface area (Å²) < 4.78 is 31.8. The third-order valence-electron chi connectivity index (χ3n) is 5.95. The fraction of sp³-hybridized carbons (Fsp3) is 0.455. The number of nitrogens with zero attached hydrogens (tertiary/aromatic N) is 3. The van der Waals surface area contributed by atoms with E-state index in [2.05, 4.69) is 5.32 Å². The normalized spacial score (nSPS) is 18.5. The number of furan rings is 1. The Balaban J connectivity index is 1.60. The molecule has 1 N–H and O–H groups in total. The number of carbonyl (C=O) groups is 2. The van der Waals surface area contributed by atoms with Crippen LogP contribution in [0.3, 0.4) is 0 Å². The molecular weight excluding hydrogens is 432 g/mol. The molecule has 2 amide bonds. The standard InChI is InChI=1S/C22H28N4O5S/c1-24(2)32(29,30)17-8-9-18-20(14-17)26(22(28)19-7-3-4-12-25(18)19)15-21(27)23-11-10-16-6-5-13-31-16/h5-6,8-9,13-14,19H,3-4,7,10-12,15H2,1-2H3,(H,23,27)/t19-/m0/s1. The zero-order valence-corrected chi connectivity index (χ0v) is 19.1. The SMILES string of the molecule is CN(C)S(=O)(=O)c1ccc2c(c1)N(CC(=O)NCCc1ccco1)C(=O)[C@@H]1CCCCN21. The van der Waals surface area contributed by atoms with Crippen LogP contribution < -0.4 is 15.1 Å². The van der Waals surface area contributed by atoms with Gasteiger partial charge in [0.1, 0.15) is 18.3 Å². The number of anilines is 2. The minimum Gasteiger partial charge on any atom is -0.469 e. The number of piperidine rings is 1. The number of nitrogens with one attached hydrogen (secondary N) is 1. The summed E-state index contributed by atoms with van der Waals surface area (Å²) in [7, 11) is -0.756. The number of carbonyl (C=O) groups excluding carboxylic acids is 2. The largest absolute Gasteiger partial charge is 0.469 e. The van der Waals surface area contributed by atoms with Gasteiger partial charge in [-0.25, -0.2) is 12.7 Å². The Hall–Kier alpha value is -2.85. The molecule has 1 aromatic carbocycles. The highest BCUT2D eigenvalue weighted by Crippen LogP contribution is 2.40. The van der Waals surface area contributed by atoms with Crippen LogP contribution in [0.5, 0.6) is 0 Å². The molecule has 32 heavy (non-hydrogen) atoms. The molecule has 1 aromatic heterocycles. The minimum atomic E-state index is -3.68. The molecule has 172 valence electrons. The van der Waals surface area contributed by atoms with Crippen LogP contribution in [-0.2, 0) is 26.0 Å². The monoisotopic (exact) mass is 460 g/mol. The lowest BCUT2D eigenvalue weighted by Crippen LogP contribution is -2.57. The highest BCUT2D eigenvalue weighted by molar-refractivity contribution is 7.89. The Morgan fingerprint density at radius 2 is 2.03 bits per heavy atom. The zero-order valence-electron chi connectivity index (χ0n) is 18.3. The van der Waals surface area contributed by atoms with Crippen molar-refractivity contribution >= 4 is 33.2 Å². The van der Waals surface area contributed by atoms with Gasteiger partial charge in [0, 0.05) is 33.6 Å². The number of amides is 2. The number of hydrogen-bond donors (Lipinski definition) is 1. The highest BCUT2D eigenvalue weighted by atomic mass is 32.2. The number of sulfonamides is 1. The predicted molar refractivity (Wildman–Crippen MR) is 120 cm³/mol. The van der Waals surface area contributed by atoms with E-state index in [0.717, 1.165) is 35.1 Å². The van der Waals surface area contributed by atoms with Gasteiger partial charge in [-0.2, -0.15) is 0 Å². The lowest BCUT2D eigenvalue weighted by molar-refractivity contribution is -0.125. The molecule has 2 aliphatic rings. The molecule has 2 aromatic rings. The number of fused-ring (bicyclic) bond motifs is 3. The van der Waals surface area contributed by atoms with E-state index in [0.29, 0.717) is 25.1 Å². The highest BCUT2D eigenvalue weighted by Gasteiger charge is 2.40. The second kappa shape index (κ2) is 8.95. The van der Waals surface area contributed by atoms with Gasteiger partial charge in [-0.3, -0.25) is 14.5 Å². The molecule has 10 heteroatoms. The van der Waals surface area contributed by atoms with Gasteiger partial charge in [-0.05, 0) is 49.6 Å². The van der Waals surface area contributed by atoms with Gasteiger partial charge >= 0.3 is 0 Å². The molecule has 1 fully saturated rings. The van der Waals surface area contributed by atoms with E-state index in [-0.39, 0.29) is 29.3 Å². The molecule has 0 radical (unpaired) electrons. The van der Waals surface area contributed by atoms with Crippen molar-refractivity contribution < 1.29 is 22.4 Å². The van der Waals surface area contributed by atoms with Crippen molar-refractivity contribution in [3.63, 3.8) is 0 Å². The fourth-order valence-electron chi connectivity index (χ4n) is 4.25. The maximum Gasteiger partial charge on any atom is 0.250 e. The third-order valence-corrected chi connectivity index (χ3v) is 7.77. The summed E-state index contributed by atoms with van der Waals surface area (Å²) >= 11 is 0. The average Bonchev–Trinajstić information content (AvgIpc) is 3.29. The third kappa shape index (κ3) is 4.24. The van der Waals surface area contributed by atoms with Crippen molar-refractivity contribution in [2.75, 3.05) is 43.5 Å². The molecule has 9 nitrogen and oxygen atoms in total. The minimum absolute atomic E-state index is 0.0905. The van der Waals surface area contributed by atoms with Gasteiger partial charge in [0.15, 0.2) is 0 Å². The predicted octanol–water partition coefficient (Wildman–Crippen LogP) is 1.59. The van der Waals surface area contributed by atoms with E-state index in [1.165, 1.54) is 25.1 Å². The Morgan fingerprint density at radius 3 is 2.75 bits per heavy atom. The Labute approximate surface area is 188 Å². The first-order valence-corrected chi connectivity index (χ1v) is 12.2. The zero-order chi connectivity index (χ0) is 22.9. The van der Waals surface area contributed by atoms with Crippen molar-refractivity contribution in [1.82, 2.24) is 9.62 Å². The van der Waals surface area contributed by atoms with Gasteiger partial charge < -0.3 is 14.6 Å². The van der Waals surface area contributed by atoms with Crippen LogP contribution in [-0.4, -0.2) is 64.3 Å². The first-order chi connectivity index (χ1) is 15.3. The summed E-state index contributed by atoms with van der Waals surface area (Å²) in [4.78, 5) is 29.6. The van der Waals surface area contributed by atoms with Gasteiger partial charge in [-0.1, -0.05) is 0 Å². The van der Waals surface area contributed by atoms with E-state index >= 15 is 0 Å². The van der Waals surface area contributed by atoms with Crippen LogP contribution >= 0.6 is 0 Å². The lowest BCUT2D eigenvalue weighted by Gasteiger charge is -2.45. The molecule has 0 bridgehead atoms. The quantitative estimate of drug-likeness (QED) is 0.673. The molecule has 0 unspecified atom stereocenters.